The topological polar surface area (TPSA) is 73.3 Å². The molecule has 1 N–H and O–H groups in total. The molecule has 0 atom stereocenters. The first-order chi connectivity index (χ1) is 12.3. The number of alkyl carbamates (subject to hydrolysis) is 1. The largest absolute Gasteiger partial charge is 0.496 e. The first-order valence-electron chi connectivity index (χ1n) is 8.73. The summed E-state index contributed by atoms with van der Waals surface area (Å²) in [7, 11) is 1.65. The Morgan fingerprint density at radius 1 is 1.19 bits per heavy atom. The first kappa shape index (κ1) is 19.7. The summed E-state index contributed by atoms with van der Waals surface area (Å²) in [6.45, 7) is 8.07. The van der Waals surface area contributed by atoms with Gasteiger partial charge >= 0.3 is 6.09 Å². The van der Waals surface area contributed by atoms with Crippen LogP contribution < -0.4 is 10.1 Å². The quantitative estimate of drug-likeness (QED) is 0.793. The number of rotatable bonds is 6. The standard InChI is InChI=1S/C20H27N3O3/c1-14-13-15(9-8-12-21-19(24)26-20(2,3)4)22-23-18(14)16-10-6-7-11-17(16)25-5/h6-7,10-11,13H,8-9,12H2,1-5H3,(H,21,24). The van der Waals surface area contributed by atoms with Crippen LogP contribution in [0.5, 0.6) is 5.75 Å². The van der Waals surface area contributed by atoms with Crippen LogP contribution >= 0.6 is 0 Å². The summed E-state index contributed by atoms with van der Waals surface area (Å²) < 4.78 is 10.6. The van der Waals surface area contributed by atoms with Gasteiger partial charge in [0.2, 0.25) is 0 Å². The van der Waals surface area contributed by atoms with Gasteiger partial charge in [0, 0.05) is 12.1 Å². The number of nitrogens with zero attached hydrogens (tertiary/aromatic N) is 2. The normalized spacial score (nSPS) is 11.1. The van der Waals surface area contributed by atoms with Gasteiger partial charge in [-0.2, -0.15) is 5.10 Å². The number of carbonyl (C=O) groups excluding carboxylic acids is 1. The van der Waals surface area contributed by atoms with E-state index in [4.69, 9.17) is 9.47 Å². The minimum absolute atomic E-state index is 0.397. The second-order valence-electron chi connectivity index (χ2n) is 7.10. The number of amides is 1. The molecule has 0 saturated heterocycles. The Hall–Kier alpha value is -2.63. The molecule has 140 valence electrons. The number of methoxy groups -OCH3 is 1. The lowest BCUT2D eigenvalue weighted by atomic mass is 10.1. The van der Waals surface area contributed by atoms with Gasteiger partial charge in [0.1, 0.15) is 11.4 Å². The third-order valence-corrected chi connectivity index (χ3v) is 3.68. The van der Waals surface area contributed by atoms with E-state index in [0.29, 0.717) is 6.54 Å². The highest BCUT2D eigenvalue weighted by Crippen LogP contribution is 2.29. The molecule has 0 bridgehead atoms. The summed E-state index contributed by atoms with van der Waals surface area (Å²) in [5, 5.41) is 11.4. The minimum Gasteiger partial charge on any atom is -0.496 e. The van der Waals surface area contributed by atoms with Crippen molar-refractivity contribution < 1.29 is 14.3 Å². The maximum Gasteiger partial charge on any atom is 0.407 e. The lowest BCUT2D eigenvalue weighted by Gasteiger charge is -2.19. The van der Waals surface area contributed by atoms with E-state index in [1.54, 1.807) is 7.11 Å². The van der Waals surface area contributed by atoms with Crippen LogP contribution in [-0.2, 0) is 11.2 Å². The monoisotopic (exact) mass is 357 g/mol. The molecule has 1 aromatic carbocycles. The van der Waals surface area contributed by atoms with Crippen LogP contribution in [0.25, 0.3) is 11.3 Å². The molecule has 1 aromatic heterocycles. The van der Waals surface area contributed by atoms with E-state index in [2.05, 4.69) is 15.5 Å². The lowest BCUT2D eigenvalue weighted by molar-refractivity contribution is 0.0527. The Kier molecular flexibility index (Phi) is 6.55. The van der Waals surface area contributed by atoms with E-state index in [0.717, 1.165) is 41.1 Å². The Bertz CT molecular complexity index is 754. The molecule has 0 aliphatic carbocycles. The van der Waals surface area contributed by atoms with Gasteiger partial charge in [0.15, 0.2) is 0 Å². The molecule has 1 heterocycles. The summed E-state index contributed by atoms with van der Waals surface area (Å²) >= 11 is 0. The van der Waals surface area contributed by atoms with Crippen molar-refractivity contribution >= 4 is 6.09 Å². The molecule has 6 nitrogen and oxygen atoms in total. The van der Waals surface area contributed by atoms with Crippen LogP contribution in [0.4, 0.5) is 4.79 Å². The molecule has 26 heavy (non-hydrogen) atoms. The molecule has 1 amide bonds. The molecule has 0 unspecified atom stereocenters. The van der Waals surface area contributed by atoms with E-state index in [1.165, 1.54) is 0 Å². The van der Waals surface area contributed by atoms with Crippen molar-refractivity contribution in [1.29, 1.82) is 0 Å². The Labute approximate surface area is 154 Å². The third-order valence-electron chi connectivity index (χ3n) is 3.68. The molecule has 0 fully saturated rings. The number of benzene rings is 1. The Balaban J connectivity index is 1.93. The van der Waals surface area contributed by atoms with Crippen molar-refractivity contribution in [3.05, 3.63) is 41.6 Å². The fourth-order valence-electron chi connectivity index (χ4n) is 2.54. The fourth-order valence-corrected chi connectivity index (χ4v) is 2.54. The number of hydrogen-bond donors (Lipinski definition) is 1. The van der Waals surface area contributed by atoms with E-state index in [9.17, 15) is 4.79 Å². The van der Waals surface area contributed by atoms with Gasteiger partial charge in [0.05, 0.1) is 18.5 Å². The van der Waals surface area contributed by atoms with Gasteiger partial charge in [0.25, 0.3) is 0 Å². The van der Waals surface area contributed by atoms with Crippen molar-refractivity contribution in [2.45, 2.75) is 46.1 Å². The van der Waals surface area contributed by atoms with Gasteiger partial charge in [-0.15, -0.1) is 5.10 Å². The van der Waals surface area contributed by atoms with Gasteiger partial charge in [-0.3, -0.25) is 0 Å². The summed E-state index contributed by atoms with van der Waals surface area (Å²) in [5.41, 5.74) is 3.20. The molecular weight excluding hydrogens is 330 g/mol. The molecule has 2 aromatic rings. The van der Waals surface area contributed by atoms with Crippen molar-refractivity contribution in [2.75, 3.05) is 13.7 Å². The molecular formula is C20H27N3O3. The average Bonchev–Trinajstić information content (AvgIpc) is 2.57. The maximum absolute atomic E-state index is 11.6. The molecule has 0 aliphatic rings. The van der Waals surface area contributed by atoms with Gasteiger partial charge in [-0.25, -0.2) is 4.79 Å². The van der Waals surface area contributed by atoms with Gasteiger partial charge in [-0.1, -0.05) is 12.1 Å². The summed E-state index contributed by atoms with van der Waals surface area (Å²) in [6, 6.07) is 9.79. The number of ether oxygens (including phenoxy) is 2. The summed E-state index contributed by atoms with van der Waals surface area (Å²) in [4.78, 5) is 11.6. The van der Waals surface area contributed by atoms with Gasteiger partial charge < -0.3 is 14.8 Å². The average molecular weight is 357 g/mol. The van der Waals surface area contributed by atoms with E-state index >= 15 is 0 Å². The summed E-state index contributed by atoms with van der Waals surface area (Å²) in [5.74, 6) is 0.777. The SMILES string of the molecule is COc1ccccc1-c1nnc(CCCNC(=O)OC(C)(C)C)cc1C. The van der Waals surface area contributed by atoms with Crippen LogP contribution in [0.2, 0.25) is 0 Å². The highest BCUT2D eigenvalue weighted by atomic mass is 16.6. The smallest absolute Gasteiger partial charge is 0.407 e. The highest BCUT2D eigenvalue weighted by molar-refractivity contribution is 5.69. The number of para-hydroxylation sites is 1. The van der Waals surface area contributed by atoms with Crippen molar-refractivity contribution in [3.63, 3.8) is 0 Å². The lowest BCUT2D eigenvalue weighted by Crippen LogP contribution is -2.33. The van der Waals surface area contributed by atoms with E-state index < -0.39 is 11.7 Å². The fraction of sp³-hybridized carbons (Fsp3) is 0.450. The van der Waals surface area contributed by atoms with Crippen molar-refractivity contribution in [2.24, 2.45) is 0 Å². The van der Waals surface area contributed by atoms with Crippen LogP contribution in [0.1, 0.15) is 38.4 Å². The van der Waals surface area contributed by atoms with Crippen molar-refractivity contribution in [3.8, 4) is 17.0 Å². The zero-order chi connectivity index (χ0) is 19.2. The van der Waals surface area contributed by atoms with Crippen LogP contribution in [0.3, 0.4) is 0 Å². The Morgan fingerprint density at radius 2 is 1.92 bits per heavy atom. The van der Waals surface area contributed by atoms with E-state index in [1.807, 2.05) is 58.0 Å². The predicted octanol–water partition coefficient (Wildman–Crippen LogP) is 3.92. The molecule has 2 rings (SSSR count). The van der Waals surface area contributed by atoms with Crippen LogP contribution in [-0.4, -0.2) is 35.5 Å². The number of aryl methyl sites for hydroxylation is 2. The first-order valence-corrected chi connectivity index (χ1v) is 8.73. The number of hydrogen-bond acceptors (Lipinski definition) is 5. The second-order valence-corrected chi connectivity index (χ2v) is 7.10. The Morgan fingerprint density at radius 3 is 2.58 bits per heavy atom. The molecule has 0 spiro atoms. The molecule has 0 saturated carbocycles. The molecule has 6 heteroatoms. The van der Waals surface area contributed by atoms with Gasteiger partial charge in [-0.05, 0) is 64.3 Å². The number of carbonyl (C=O) groups is 1. The molecule has 0 aliphatic heterocycles. The summed E-state index contributed by atoms with van der Waals surface area (Å²) in [6.07, 6.45) is 1.10. The number of aromatic nitrogens is 2. The maximum atomic E-state index is 11.6. The minimum atomic E-state index is -0.485. The third kappa shape index (κ3) is 5.72. The van der Waals surface area contributed by atoms with Crippen molar-refractivity contribution in [1.82, 2.24) is 15.5 Å². The number of nitrogens with one attached hydrogen (secondary N) is 1. The van der Waals surface area contributed by atoms with Crippen LogP contribution in [0.15, 0.2) is 30.3 Å². The van der Waals surface area contributed by atoms with Crippen LogP contribution in [0, 0.1) is 6.92 Å². The predicted molar refractivity (Wildman–Crippen MR) is 101 cm³/mol. The zero-order valence-electron chi connectivity index (χ0n) is 16.1. The molecule has 0 radical (unpaired) electrons. The highest BCUT2D eigenvalue weighted by Gasteiger charge is 2.15. The second kappa shape index (κ2) is 8.65. The zero-order valence-corrected chi connectivity index (χ0v) is 16.1. The van der Waals surface area contributed by atoms with E-state index in [-0.39, 0.29) is 0 Å².